The molecule has 1 aliphatic heterocycles. The number of carbonyl (C=O) groups excluding carboxylic acids is 1. The number of nitrogens with one attached hydrogen (secondary N) is 1. The number of nitrogens with zero attached hydrogens (tertiary/aromatic N) is 1. The molecule has 1 saturated heterocycles. The van der Waals surface area contributed by atoms with Gasteiger partial charge in [-0.15, -0.1) is 0 Å². The van der Waals surface area contributed by atoms with Gasteiger partial charge in [-0.25, -0.2) is 0 Å². The highest BCUT2D eigenvalue weighted by Gasteiger charge is 2.15. The second kappa shape index (κ2) is 9.14. The molecule has 0 spiro atoms. The first-order valence-electron chi connectivity index (χ1n) is 9.64. The van der Waals surface area contributed by atoms with Gasteiger partial charge in [0.05, 0.1) is 10.7 Å². The highest BCUT2D eigenvalue weighted by atomic mass is 35.5. The van der Waals surface area contributed by atoms with Crippen LogP contribution >= 0.6 is 11.6 Å². The van der Waals surface area contributed by atoms with Crippen LogP contribution in [0.3, 0.4) is 0 Å². The quantitative estimate of drug-likeness (QED) is 0.685. The predicted molar refractivity (Wildman–Crippen MR) is 112 cm³/mol. The second-order valence-corrected chi connectivity index (χ2v) is 7.48. The Morgan fingerprint density at radius 1 is 1.19 bits per heavy atom. The fraction of sp³-hybridized carbons (Fsp3) is 0.409. The number of amides is 1. The maximum atomic E-state index is 12.2. The summed E-state index contributed by atoms with van der Waals surface area (Å²) in [5.74, 6) is 1.02. The van der Waals surface area contributed by atoms with E-state index in [0.29, 0.717) is 22.4 Å². The number of rotatable bonds is 7. The van der Waals surface area contributed by atoms with Gasteiger partial charge in [0.1, 0.15) is 5.75 Å². The van der Waals surface area contributed by atoms with Crippen molar-refractivity contribution in [1.29, 1.82) is 0 Å². The van der Waals surface area contributed by atoms with Crippen LogP contribution in [0.2, 0.25) is 5.02 Å². The molecule has 27 heavy (non-hydrogen) atoms. The van der Waals surface area contributed by atoms with Crippen molar-refractivity contribution < 1.29 is 9.53 Å². The normalized spacial score (nSPS) is 14.9. The Morgan fingerprint density at radius 3 is 2.52 bits per heavy atom. The Morgan fingerprint density at radius 2 is 1.89 bits per heavy atom. The standard InChI is InChI=1S/C22H27ClN2O2/c1-3-16(2)17-6-9-19(10-7-17)27-15-22(26)24-18-8-11-21(20(23)14-18)25-12-4-5-13-25/h6-11,14,16H,3-5,12-13,15H2,1-2H3,(H,24,26)/t16-/m1/s1. The van der Waals surface area contributed by atoms with Crippen LogP contribution in [-0.4, -0.2) is 25.6 Å². The van der Waals surface area contributed by atoms with E-state index < -0.39 is 0 Å². The van der Waals surface area contributed by atoms with Gasteiger partial charge in [-0.1, -0.05) is 37.6 Å². The summed E-state index contributed by atoms with van der Waals surface area (Å²) in [5.41, 5.74) is 3.00. The Kier molecular flexibility index (Phi) is 6.62. The zero-order valence-corrected chi connectivity index (χ0v) is 16.8. The molecule has 0 saturated carbocycles. The van der Waals surface area contributed by atoms with Crippen molar-refractivity contribution in [2.24, 2.45) is 0 Å². The van der Waals surface area contributed by atoms with Crippen molar-refractivity contribution in [3.63, 3.8) is 0 Å². The average Bonchev–Trinajstić information content (AvgIpc) is 3.20. The summed E-state index contributed by atoms with van der Waals surface area (Å²) in [6.45, 7) is 6.41. The zero-order valence-electron chi connectivity index (χ0n) is 16.0. The molecule has 3 rings (SSSR count). The topological polar surface area (TPSA) is 41.6 Å². The molecule has 1 atom stereocenters. The van der Waals surface area contributed by atoms with E-state index in [1.807, 2.05) is 24.3 Å². The monoisotopic (exact) mass is 386 g/mol. The van der Waals surface area contributed by atoms with Gasteiger partial charge in [0.2, 0.25) is 0 Å². The molecule has 0 radical (unpaired) electrons. The molecule has 0 bridgehead atoms. The largest absolute Gasteiger partial charge is 0.484 e. The average molecular weight is 387 g/mol. The molecule has 144 valence electrons. The lowest BCUT2D eigenvalue weighted by atomic mass is 9.99. The third-order valence-electron chi connectivity index (χ3n) is 5.11. The molecule has 1 amide bonds. The number of hydrogen-bond acceptors (Lipinski definition) is 3. The molecular weight excluding hydrogens is 360 g/mol. The van der Waals surface area contributed by atoms with Crippen LogP contribution in [0, 0.1) is 0 Å². The number of ether oxygens (including phenoxy) is 1. The van der Waals surface area contributed by atoms with Gasteiger partial charge in [-0.3, -0.25) is 4.79 Å². The summed E-state index contributed by atoms with van der Waals surface area (Å²) in [6.07, 6.45) is 3.50. The second-order valence-electron chi connectivity index (χ2n) is 7.08. The van der Waals surface area contributed by atoms with Crippen LogP contribution in [0.25, 0.3) is 0 Å². The number of benzene rings is 2. The van der Waals surface area contributed by atoms with Crippen LogP contribution < -0.4 is 15.0 Å². The summed E-state index contributed by atoms with van der Waals surface area (Å²) in [7, 11) is 0. The van der Waals surface area contributed by atoms with Gasteiger partial charge >= 0.3 is 0 Å². The van der Waals surface area contributed by atoms with Gasteiger partial charge in [-0.2, -0.15) is 0 Å². The molecule has 0 aliphatic carbocycles. The Hall–Kier alpha value is -2.20. The lowest BCUT2D eigenvalue weighted by molar-refractivity contribution is -0.118. The van der Waals surface area contributed by atoms with Crippen molar-refractivity contribution in [2.75, 3.05) is 29.9 Å². The molecule has 1 N–H and O–H groups in total. The minimum Gasteiger partial charge on any atom is -0.484 e. The smallest absolute Gasteiger partial charge is 0.262 e. The summed E-state index contributed by atoms with van der Waals surface area (Å²) in [4.78, 5) is 14.4. The zero-order chi connectivity index (χ0) is 19.2. The van der Waals surface area contributed by atoms with Gasteiger partial charge in [0.25, 0.3) is 5.91 Å². The van der Waals surface area contributed by atoms with E-state index in [-0.39, 0.29) is 12.5 Å². The first kappa shape index (κ1) is 19.6. The Balaban J connectivity index is 1.52. The summed E-state index contributed by atoms with van der Waals surface area (Å²) in [6, 6.07) is 13.6. The SMILES string of the molecule is CC[C@@H](C)c1ccc(OCC(=O)Nc2ccc(N3CCCC3)c(Cl)c2)cc1. The molecule has 5 heteroatoms. The van der Waals surface area contributed by atoms with Crippen LogP contribution in [0.15, 0.2) is 42.5 Å². The number of anilines is 2. The minimum absolute atomic E-state index is 0.0336. The first-order chi connectivity index (χ1) is 13.1. The number of halogens is 1. The third-order valence-corrected chi connectivity index (χ3v) is 5.41. The number of carbonyl (C=O) groups is 1. The summed E-state index contributed by atoms with van der Waals surface area (Å²) < 4.78 is 5.59. The lowest BCUT2D eigenvalue weighted by Crippen LogP contribution is -2.21. The van der Waals surface area contributed by atoms with Crippen molar-refractivity contribution in [1.82, 2.24) is 0 Å². The van der Waals surface area contributed by atoms with E-state index in [0.717, 1.165) is 25.2 Å². The van der Waals surface area contributed by atoms with Gasteiger partial charge in [-0.05, 0) is 61.1 Å². The highest BCUT2D eigenvalue weighted by Crippen LogP contribution is 2.31. The fourth-order valence-electron chi connectivity index (χ4n) is 3.27. The maximum absolute atomic E-state index is 12.2. The van der Waals surface area contributed by atoms with E-state index in [1.54, 1.807) is 6.07 Å². The molecule has 2 aromatic rings. The van der Waals surface area contributed by atoms with E-state index in [2.05, 4.69) is 36.2 Å². The van der Waals surface area contributed by atoms with E-state index in [9.17, 15) is 4.79 Å². The van der Waals surface area contributed by atoms with E-state index >= 15 is 0 Å². The minimum atomic E-state index is -0.203. The molecule has 1 heterocycles. The fourth-order valence-corrected chi connectivity index (χ4v) is 3.57. The lowest BCUT2D eigenvalue weighted by Gasteiger charge is -2.19. The van der Waals surface area contributed by atoms with Gasteiger partial charge in [0.15, 0.2) is 6.61 Å². The highest BCUT2D eigenvalue weighted by molar-refractivity contribution is 6.33. The van der Waals surface area contributed by atoms with Crippen molar-refractivity contribution in [3.05, 3.63) is 53.1 Å². The Labute approximate surface area is 166 Å². The molecule has 0 unspecified atom stereocenters. The summed E-state index contributed by atoms with van der Waals surface area (Å²) >= 11 is 6.39. The van der Waals surface area contributed by atoms with Gasteiger partial charge < -0.3 is 15.0 Å². The van der Waals surface area contributed by atoms with Crippen LogP contribution in [0.5, 0.6) is 5.75 Å². The molecule has 1 fully saturated rings. The Bertz CT molecular complexity index is 770. The first-order valence-corrected chi connectivity index (χ1v) is 10.0. The van der Waals surface area contributed by atoms with E-state index in [4.69, 9.17) is 16.3 Å². The molecule has 4 nitrogen and oxygen atoms in total. The van der Waals surface area contributed by atoms with Crippen LogP contribution in [0.4, 0.5) is 11.4 Å². The van der Waals surface area contributed by atoms with Crippen molar-refractivity contribution in [3.8, 4) is 5.75 Å². The summed E-state index contributed by atoms with van der Waals surface area (Å²) in [5, 5.41) is 3.51. The van der Waals surface area contributed by atoms with Crippen LogP contribution in [0.1, 0.15) is 44.6 Å². The molecule has 0 aromatic heterocycles. The number of hydrogen-bond donors (Lipinski definition) is 1. The van der Waals surface area contributed by atoms with E-state index in [1.165, 1.54) is 18.4 Å². The molecule has 1 aliphatic rings. The van der Waals surface area contributed by atoms with Crippen LogP contribution in [-0.2, 0) is 4.79 Å². The molecule has 2 aromatic carbocycles. The maximum Gasteiger partial charge on any atom is 0.262 e. The molecular formula is C22H27ClN2O2. The third kappa shape index (κ3) is 5.16. The predicted octanol–water partition coefficient (Wildman–Crippen LogP) is 5.47. The van der Waals surface area contributed by atoms with Crippen molar-refractivity contribution >= 4 is 28.9 Å². The van der Waals surface area contributed by atoms with Crippen molar-refractivity contribution in [2.45, 2.75) is 39.0 Å². The van der Waals surface area contributed by atoms with Gasteiger partial charge in [0, 0.05) is 18.8 Å².